The normalized spacial score (nSPS) is 10.9. The molecule has 0 saturated heterocycles. The minimum absolute atomic E-state index is 0.287. The second-order valence-electron chi connectivity index (χ2n) is 5.02. The van der Waals surface area contributed by atoms with Crippen molar-refractivity contribution in [2.24, 2.45) is 0 Å². The van der Waals surface area contributed by atoms with Crippen molar-refractivity contribution in [1.29, 1.82) is 0 Å². The first-order valence-electron chi connectivity index (χ1n) is 7.10. The van der Waals surface area contributed by atoms with Crippen molar-refractivity contribution in [1.82, 2.24) is 33.5 Å². The number of amides is 1. The Morgan fingerprint density at radius 3 is 2.83 bits per heavy atom. The molecule has 0 spiro atoms. The summed E-state index contributed by atoms with van der Waals surface area (Å²) < 4.78 is 11.7. The van der Waals surface area contributed by atoms with E-state index in [4.69, 9.17) is 0 Å². The number of anilines is 1. The van der Waals surface area contributed by atoms with Gasteiger partial charge in [0.05, 0.1) is 47.2 Å². The molecule has 10 heteroatoms. The highest BCUT2D eigenvalue weighted by molar-refractivity contribution is 6.99. The molecular formula is C13H16N8OS. The van der Waals surface area contributed by atoms with Crippen LogP contribution >= 0.6 is 11.7 Å². The Labute approximate surface area is 136 Å². The van der Waals surface area contributed by atoms with Crippen LogP contribution < -0.4 is 5.32 Å². The third-order valence-electron chi connectivity index (χ3n) is 3.46. The molecule has 0 fully saturated rings. The summed E-state index contributed by atoms with van der Waals surface area (Å²) in [5.74, 6) is -0.308. The number of rotatable bonds is 5. The smallest absolute Gasteiger partial charge is 0.278 e. The Morgan fingerprint density at radius 1 is 1.35 bits per heavy atom. The van der Waals surface area contributed by atoms with Crippen molar-refractivity contribution >= 4 is 23.3 Å². The minimum atomic E-state index is -0.308. The van der Waals surface area contributed by atoms with Gasteiger partial charge in [0.2, 0.25) is 0 Å². The van der Waals surface area contributed by atoms with Crippen molar-refractivity contribution in [2.45, 2.75) is 33.9 Å². The summed E-state index contributed by atoms with van der Waals surface area (Å²) in [7, 11) is 0. The van der Waals surface area contributed by atoms with Crippen LogP contribution in [0.25, 0.3) is 0 Å². The fourth-order valence-electron chi connectivity index (χ4n) is 2.05. The van der Waals surface area contributed by atoms with Crippen LogP contribution in [0.2, 0.25) is 0 Å². The van der Waals surface area contributed by atoms with E-state index in [2.05, 4.69) is 29.5 Å². The van der Waals surface area contributed by atoms with Crippen molar-refractivity contribution in [2.75, 3.05) is 5.32 Å². The van der Waals surface area contributed by atoms with Gasteiger partial charge < -0.3 is 5.32 Å². The average molecular weight is 332 g/mol. The molecule has 3 aromatic heterocycles. The molecule has 23 heavy (non-hydrogen) atoms. The first kappa shape index (κ1) is 15.3. The van der Waals surface area contributed by atoms with E-state index in [0.717, 1.165) is 29.7 Å². The predicted octanol–water partition coefficient (Wildman–Crippen LogP) is 1.26. The SMILES string of the molecule is CCn1cc(NC(=O)c2nnn(Cc3nsnc3C)c2C)cn1. The van der Waals surface area contributed by atoms with Crippen molar-refractivity contribution in [3.8, 4) is 0 Å². The van der Waals surface area contributed by atoms with Crippen LogP contribution in [-0.4, -0.2) is 39.4 Å². The molecule has 0 aliphatic heterocycles. The van der Waals surface area contributed by atoms with Crippen LogP contribution in [0.3, 0.4) is 0 Å². The number of aryl methyl sites for hydroxylation is 2. The Hall–Kier alpha value is -2.62. The molecule has 1 N–H and O–H groups in total. The summed E-state index contributed by atoms with van der Waals surface area (Å²) >= 11 is 1.16. The monoisotopic (exact) mass is 332 g/mol. The van der Waals surface area contributed by atoms with Gasteiger partial charge in [-0.2, -0.15) is 13.8 Å². The summed E-state index contributed by atoms with van der Waals surface area (Å²) in [6, 6.07) is 0. The van der Waals surface area contributed by atoms with Crippen LogP contribution in [0.1, 0.15) is 34.5 Å². The van der Waals surface area contributed by atoms with Gasteiger partial charge in [-0.15, -0.1) is 5.10 Å². The molecule has 3 aromatic rings. The maximum absolute atomic E-state index is 12.3. The zero-order valence-electron chi connectivity index (χ0n) is 13.0. The Balaban J connectivity index is 1.75. The molecule has 0 saturated carbocycles. The lowest BCUT2D eigenvalue weighted by atomic mass is 10.3. The molecule has 3 heterocycles. The number of nitrogens with one attached hydrogen (secondary N) is 1. The first-order chi connectivity index (χ1) is 11.1. The Kier molecular flexibility index (Phi) is 4.15. The molecule has 3 rings (SSSR count). The average Bonchev–Trinajstić information content (AvgIpc) is 3.23. The molecular weight excluding hydrogens is 316 g/mol. The lowest BCUT2D eigenvalue weighted by molar-refractivity contribution is 0.102. The highest BCUT2D eigenvalue weighted by atomic mass is 32.1. The summed E-state index contributed by atoms with van der Waals surface area (Å²) in [4.78, 5) is 12.3. The molecule has 120 valence electrons. The maximum Gasteiger partial charge on any atom is 0.278 e. The zero-order valence-corrected chi connectivity index (χ0v) is 13.8. The van der Waals surface area contributed by atoms with Crippen LogP contribution in [0.5, 0.6) is 0 Å². The molecule has 1 amide bonds. The van der Waals surface area contributed by atoms with Gasteiger partial charge in [0.15, 0.2) is 5.69 Å². The minimum Gasteiger partial charge on any atom is -0.318 e. The summed E-state index contributed by atoms with van der Waals surface area (Å²) in [6.07, 6.45) is 3.37. The van der Waals surface area contributed by atoms with Gasteiger partial charge >= 0.3 is 0 Å². The van der Waals surface area contributed by atoms with Crippen molar-refractivity contribution in [3.63, 3.8) is 0 Å². The van der Waals surface area contributed by atoms with Gasteiger partial charge in [-0.1, -0.05) is 5.21 Å². The standard InChI is InChI=1S/C13H16N8OS/c1-4-20-6-10(5-14-20)15-13(22)12-9(3)21(19-16-12)7-11-8(2)17-23-18-11/h5-6H,4,7H2,1-3H3,(H,15,22). The summed E-state index contributed by atoms with van der Waals surface area (Å²) in [6.45, 7) is 6.86. The van der Waals surface area contributed by atoms with E-state index in [-0.39, 0.29) is 11.6 Å². The summed E-state index contributed by atoms with van der Waals surface area (Å²) in [5.41, 5.74) is 3.29. The van der Waals surface area contributed by atoms with Gasteiger partial charge in [0.25, 0.3) is 5.91 Å². The lowest BCUT2D eigenvalue weighted by Crippen LogP contribution is -2.14. The third-order valence-corrected chi connectivity index (χ3v) is 4.12. The number of aromatic nitrogens is 7. The van der Waals surface area contributed by atoms with Gasteiger partial charge in [-0.05, 0) is 20.8 Å². The Morgan fingerprint density at radius 2 is 2.17 bits per heavy atom. The van der Waals surface area contributed by atoms with Crippen LogP contribution in [0.15, 0.2) is 12.4 Å². The largest absolute Gasteiger partial charge is 0.318 e. The van der Waals surface area contributed by atoms with Gasteiger partial charge in [0.1, 0.15) is 0 Å². The number of hydrogen-bond donors (Lipinski definition) is 1. The van der Waals surface area contributed by atoms with E-state index >= 15 is 0 Å². The third kappa shape index (κ3) is 3.11. The van der Waals surface area contributed by atoms with Crippen molar-refractivity contribution < 1.29 is 4.79 Å². The number of carbonyl (C=O) groups is 1. The topological polar surface area (TPSA) is 103 Å². The van der Waals surface area contributed by atoms with Crippen LogP contribution in [0.4, 0.5) is 5.69 Å². The van der Waals surface area contributed by atoms with Crippen molar-refractivity contribution in [3.05, 3.63) is 35.2 Å². The molecule has 0 aliphatic carbocycles. The Bertz CT molecular complexity index is 833. The maximum atomic E-state index is 12.3. The fraction of sp³-hybridized carbons (Fsp3) is 0.385. The lowest BCUT2D eigenvalue weighted by Gasteiger charge is -2.02. The highest BCUT2D eigenvalue weighted by Gasteiger charge is 2.18. The molecule has 0 bridgehead atoms. The molecule has 0 unspecified atom stereocenters. The van der Waals surface area contributed by atoms with E-state index in [0.29, 0.717) is 17.9 Å². The highest BCUT2D eigenvalue weighted by Crippen LogP contribution is 2.12. The number of nitrogens with zero attached hydrogens (tertiary/aromatic N) is 7. The second kappa shape index (κ2) is 6.24. The number of hydrogen-bond acceptors (Lipinski definition) is 7. The fourth-order valence-corrected chi connectivity index (χ4v) is 2.60. The van der Waals surface area contributed by atoms with Gasteiger partial charge in [-0.3, -0.25) is 9.48 Å². The number of carbonyl (C=O) groups excluding carboxylic acids is 1. The van der Waals surface area contributed by atoms with Gasteiger partial charge in [-0.25, -0.2) is 4.68 Å². The molecule has 0 atom stereocenters. The van der Waals surface area contributed by atoms with E-state index in [1.807, 2.05) is 13.8 Å². The van der Waals surface area contributed by atoms with E-state index in [1.54, 1.807) is 28.7 Å². The second-order valence-corrected chi connectivity index (χ2v) is 5.54. The molecule has 0 aromatic carbocycles. The quantitative estimate of drug-likeness (QED) is 0.754. The predicted molar refractivity (Wildman–Crippen MR) is 84.4 cm³/mol. The zero-order chi connectivity index (χ0) is 16.4. The molecule has 9 nitrogen and oxygen atoms in total. The van der Waals surface area contributed by atoms with Crippen LogP contribution in [0, 0.1) is 13.8 Å². The molecule has 0 aliphatic rings. The van der Waals surface area contributed by atoms with E-state index in [1.165, 1.54) is 0 Å². The van der Waals surface area contributed by atoms with E-state index < -0.39 is 0 Å². The van der Waals surface area contributed by atoms with Gasteiger partial charge in [0, 0.05) is 12.7 Å². The van der Waals surface area contributed by atoms with Crippen LogP contribution in [-0.2, 0) is 13.1 Å². The molecule has 0 radical (unpaired) electrons. The first-order valence-corrected chi connectivity index (χ1v) is 7.83. The summed E-state index contributed by atoms with van der Waals surface area (Å²) in [5, 5.41) is 14.9. The van der Waals surface area contributed by atoms with E-state index in [9.17, 15) is 4.79 Å².